The van der Waals surface area contributed by atoms with Crippen LogP contribution >= 0.6 is 0 Å². The highest BCUT2D eigenvalue weighted by molar-refractivity contribution is 7.76. The molecule has 0 spiro atoms. The summed E-state index contributed by atoms with van der Waals surface area (Å²) in [6, 6.07) is -4.04. The first-order chi connectivity index (χ1) is 24.8. The minimum Gasteiger partial charge on any atom is -0.353 e. The Labute approximate surface area is 321 Å². The van der Waals surface area contributed by atoms with Gasteiger partial charge in [0.2, 0.25) is 28.9 Å². The number of Topliss-reactive ketones (excluding diaryl/α,β-unsaturated/α-hetero) is 1. The maximum atomic E-state index is 14.5. The van der Waals surface area contributed by atoms with Crippen LogP contribution in [0.2, 0.25) is 0 Å². The molecule has 14 nitrogen and oxygen atoms in total. The highest BCUT2D eigenvalue weighted by atomic mass is 32.2. The fraction of sp³-hybridized carbons (Fsp3) is 0.868. The Morgan fingerprint density at radius 1 is 0.887 bits per heavy atom. The minimum atomic E-state index is -2.25. The molecule has 6 atom stereocenters. The van der Waals surface area contributed by atoms with Crippen LogP contribution in [0.4, 0.5) is 4.79 Å². The zero-order valence-corrected chi connectivity index (χ0v) is 34.8. The second-order valence-corrected chi connectivity index (χ2v) is 18.2. The van der Waals surface area contributed by atoms with Gasteiger partial charge in [0.1, 0.15) is 12.1 Å². The van der Waals surface area contributed by atoms with Crippen LogP contribution in [-0.4, -0.2) is 112 Å². The molecule has 0 bridgehead atoms. The Kier molecular flexibility index (Phi) is 19.4. The first kappa shape index (κ1) is 46.5. The van der Waals surface area contributed by atoms with Crippen molar-refractivity contribution in [1.82, 2.24) is 35.8 Å². The Balaban J connectivity index is 2.30. The number of ketones is 1. The van der Waals surface area contributed by atoms with Crippen molar-refractivity contribution < 1.29 is 32.7 Å². The Morgan fingerprint density at radius 3 is 2.08 bits per heavy atom. The molecule has 0 aromatic carbocycles. The number of hydrogen-bond acceptors (Lipinski definition) is 7. The topological polar surface area (TPSA) is 189 Å². The summed E-state index contributed by atoms with van der Waals surface area (Å²) in [7, 11) is 3.20. The zero-order chi connectivity index (χ0) is 39.9. The highest BCUT2D eigenvalue weighted by Crippen LogP contribution is 2.33. The van der Waals surface area contributed by atoms with Crippen molar-refractivity contribution in [3.05, 3.63) is 0 Å². The molecule has 306 valence electrons. The second kappa shape index (κ2) is 22.1. The minimum absolute atomic E-state index is 0.0539. The summed E-state index contributed by atoms with van der Waals surface area (Å²) in [5, 5.41) is 14.1. The van der Waals surface area contributed by atoms with Gasteiger partial charge in [-0.15, -0.1) is 0 Å². The lowest BCUT2D eigenvalue weighted by Crippen LogP contribution is -2.62. The van der Waals surface area contributed by atoms with Gasteiger partial charge in [-0.3, -0.25) is 23.7 Å². The summed E-state index contributed by atoms with van der Waals surface area (Å²) < 4.78 is 23.6. The molecule has 1 aliphatic heterocycles. The van der Waals surface area contributed by atoms with E-state index in [9.17, 15) is 32.7 Å². The lowest BCUT2D eigenvalue weighted by molar-refractivity contribution is -0.143. The third-order valence-electron chi connectivity index (χ3n) is 10.8. The van der Waals surface area contributed by atoms with Crippen molar-refractivity contribution in [2.75, 3.05) is 40.3 Å². The van der Waals surface area contributed by atoms with Crippen LogP contribution in [0.15, 0.2) is 0 Å². The SMILES string of the molecule is CCCC[C@@H]1C[C@@H](C(=O)NC(CCCCC2CCC2)C(=O)C(=O)NC)N(C(=O)[C@@H](NC(=O)N[C@H](CN(CCCNC)S(=O)O)C(C)(C)C)C(C)(C)C)C1. The molecule has 2 aliphatic rings. The van der Waals surface area contributed by atoms with Gasteiger partial charge in [0.25, 0.3) is 5.91 Å². The molecule has 5 amide bonds. The van der Waals surface area contributed by atoms with Crippen LogP contribution in [0.5, 0.6) is 0 Å². The monoisotopic (exact) mass is 770 g/mol. The van der Waals surface area contributed by atoms with E-state index < -0.39 is 75.8 Å². The van der Waals surface area contributed by atoms with Gasteiger partial charge in [0, 0.05) is 32.7 Å². The Bertz CT molecular complexity index is 1230. The van der Waals surface area contributed by atoms with Gasteiger partial charge in [-0.2, -0.15) is 4.31 Å². The summed E-state index contributed by atoms with van der Waals surface area (Å²) >= 11 is -2.25. The third kappa shape index (κ3) is 15.2. The number of unbranched alkanes of at least 4 members (excludes halogenated alkanes) is 2. The molecule has 15 heteroatoms. The van der Waals surface area contributed by atoms with E-state index in [1.165, 1.54) is 30.6 Å². The quantitative estimate of drug-likeness (QED) is 0.0546. The van der Waals surface area contributed by atoms with E-state index in [0.717, 1.165) is 38.0 Å². The van der Waals surface area contributed by atoms with Crippen LogP contribution < -0.4 is 26.6 Å². The molecule has 1 aliphatic carbocycles. The number of hydrogen-bond donors (Lipinski definition) is 6. The van der Waals surface area contributed by atoms with E-state index >= 15 is 0 Å². The van der Waals surface area contributed by atoms with E-state index in [0.29, 0.717) is 45.3 Å². The van der Waals surface area contributed by atoms with Crippen LogP contribution in [0, 0.1) is 22.7 Å². The van der Waals surface area contributed by atoms with Crippen LogP contribution in [0.1, 0.15) is 126 Å². The standard InChI is InChI=1S/C38H71N7O7S/c1-10-11-16-27-23-29(33(47)41-28(31(46)34(48)40-9)20-13-12-17-26-18-14-19-26)45(24-27)35(49)32(38(5,6)7)43-36(50)42-30(37(2,3)4)25-44(53(51)52)22-15-21-39-8/h26-30,32,39H,10-25H2,1-9H3,(H,40,48)(H,41,47)(H,51,52)(H2,42,43,50)/t27-,28?,29+,30-,32-/m1/s1. The van der Waals surface area contributed by atoms with Gasteiger partial charge >= 0.3 is 6.03 Å². The molecule has 1 saturated heterocycles. The molecule has 2 unspecified atom stereocenters. The van der Waals surface area contributed by atoms with Gasteiger partial charge in [0.15, 0.2) is 0 Å². The van der Waals surface area contributed by atoms with Crippen molar-refractivity contribution in [1.29, 1.82) is 0 Å². The van der Waals surface area contributed by atoms with Gasteiger partial charge in [-0.1, -0.05) is 99.8 Å². The predicted molar refractivity (Wildman–Crippen MR) is 209 cm³/mol. The van der Waals surface area contributed by atoms with Crippen molar-refractivity contribution in [2.24, 2.45) is 22.7 Å². The third-order valence-corrected chi connectivity index (χ3v) is 11.6. The maximum absolute atomic E-state index is 14.5. The first-order valence-electron chi connectivity index (χ1n) is 19.8. The lowest BCUT2D eigenvalue weighted by atomic mass is 9.81. The van der Waals surface area contributed by atoms with Gasteiger partial charge < -0.3 is 31.5 Å². The number of nitrogens with one attached hydrogen (secondary N) is 5. The molecule has 0 radical (unpaired) electrons. The van der Waals surface area contributed by atoms with Crippen molar-refractivity contribution in [3.63, 3.8) is 0 Å². The molecule has 0 aromatic heterocycles. The van der Waals surface area contributed by atoms with Gasteiger partial charge in [0.05, 0.1) is 6.04 Å². The van der Waals surface area contributed by atoms with E-state index in [1.54, 1.807) is 4.90 Å². The summed E-state index contributed by atoms with van der Waals surface area (Å²) in [6.45, 7) is 14.9. The summed E-state index contributed by atoms with van der Waals surface area (Å²) in [5.41, 5.74) is -1.25. The van der Waals surface area contributed by atoms with Crippen LogP contribution in [0.25, 0.3) is 0 Å². The van der Waals surface area contributed by atoms with Crippen LogP contribution in [0.3, 0.4) is 0 Å². The smallest absolute Gasteiger partial charge is 0.315 e. The number of likely N-dealkylation sites (N-methyl/N-ethyl adjacent to an activating group) is 1. The number of likely N-dealkylation sites (tertiary alicyclic amines) is 1. The average molecular weight is 770 g/mol. The molecular formula is C38H71N7O7S. The molecule has 2 rings (SSSR count). The maximum Gasteiger partial charge on any atom is 0.315 e. The lowest BCUT2D eigenvalue weighted by Gasteiger charge is -2.38. The van der Waals surface area contributed by atoms with Gasteiger partial charge in [-0.05, 0) is 61.9 Å². The number of amides is 5. The Hall–Kier alpha value is -2.62. The molecule has 2 fully saturated rings. The number of urea groups is 1. The average Bonchev–Trinajstić information content (AvgIpc) is 3.49. The summed E-state index contributed by atoms with van der Waals surface area (Å²) in [4.78, 5) is 69.4. The fourth-order valence-corrected chi connectivity index (χ4v) is 7.61. The second-order valence-electron chi connectivity index (χ2n) is 17.2. The van der Waals surface area contributed by atoms with Gasteiger partial charge in [-0.25, -0.2) is 9.00 Å². The summed E-state index contributed by atoms with van der Waals surface area (Å²) in [5.74, 6) is -1.57. The van der Waals surface area contributed by atoms with E-state index in [4.69, 9.17) is 0 Å². The van der Waals surface area contributed by atoms with Crippen LogP contribution in [-0.2, 0) is 30.4 Å². The molecule has 0 aromatic rings. The number of carbonyl (C=O) groups excluding carboxylic acids is 5. The van der Waals surface area contributed by atoms with E-state index in [-0.39, 0.29) is 12.5 Å². The molecule has 1 saturated carbocycles. The molecular weight excluding hydrogens is 699 g/mol. The largest absolute Gasteiger partial charge is 0.353 e. The molecule has 1 heterocycles. The molecule has 6 N–H and O–H groups in total. The Morgan fingerprint density at radius 2 is 1.55 bits per heavy atom. The van der Waals surface area contributed by atoms with Crippen molar-refractivity contribution >= 4 is 40.8 Å². The number of carbonyl (C=O) groups is 5. The fourth-order valence-electron chi connectivity index (χ4n) is 7.05. The van der Waals surface area contributed by atoms with E-state index in [1.807, 2.05) is 48.6 Å². The normalized spacial score (nSPS) is 20.2. The first-order valence-corrected chi connectivity index (χ1v) is 20.8. The van der Waals surface area contributed by atoms with Crippen molar-refractivity contribution in [3.8, 4) is 0 Å². The zero-order valence-electron chi connectivity index (χ0n) is 34.0. The van der Waals surface area contributed by atoms with E-state index in [2.05, 4.69) is 33.5 Å². The number of rotatable bonds is 22. The summed E-state index contributed by atoms with van der Waals surface area (Å²) in [6.07, 6.45) is 10.5. The molecule has 53 heavy (non-hydrogen) atoms. The number of nitrogens with zero attached hydrogens (tertiary/aromatic N) is 2. The predicted octanol–water partition coefficient (Wildman–Crippen LogP) is 3.73. The highest BCUT2D eigenvalue weighted by Gasteiger charge is 2.45. The van der Waals surface area contributed by atoms with Crippen molar-refractivity contribution in [2.45, 2.75) is 150 Å².